The molecule has 0 N–H and O–H groups in total. The van der Waals surface area contributed by atoms with Crippen molar-refractivity contribution in [2.45, 2.75) is 0 Å². The fraction of sp³-hybridized carbons (Fsp3) is 0. The summed E-state index contributed by atoms with van der Waals surface area (Å²) in [6.07, 6.45) is 0. The summed E-state index contributed by atoms with van der Waals surface area (Å²) < 4.78 is 39.0. The topological polar surface area (TPSA) is 69.2 Å². The van der Waals surface area contributed by atoms with Gasteiger partial charge < -0.3 is 32.3 Å². The van der Waals surface area contributed by atoms with Gasteiger partial charge in [0.05, 0.1) is 0 Å². The molecule has 0 bridgehead atoms. The number of rotatable bonds is 0. The number of hydrogen-bond donors (Lipinski definition) is 0. The minimum atomic E-state index is -6.00. The molecule has 56 valence electrons. The summed E-state index contributed by atoms with van der Waals surface area (Å²) >= 11 is 0. The van der Waals surface area contributed by atoms with Crippen molar-refractivity contribution in [1.29, 1.82) is 0 Å². The molecule has 0 aliphatic rings. The second-order valence-corrected chi connectivity index (χ2v) is 0.784. The van der Waals surface area contributed by atoms with Crippen molar-refractivity contribution >= 4 is 14.6 Å². The summed E-state index contributed by atoms with van der Waals surface area (Å²) in [5.74, 6) is 0. The van der Waals surface area contributed by atoms with Gasteiger partial charge in [0.15, 0.2) is 0 Å². The average Bonchev–Trinajstić information content (AvgIpc) is 1.19. The van der Waals surface area contributed by atoms with Crippen LogP contribution < -0.4 is 90.5 Å². The Hall–Kier alpha value is 2.12. The molecule has 3 nitrogen and oxygen atoms in total. The molecule has 0 aromatic heterocycles. The van der Waals surface area contributed by atoms with E-state index in [1.54, 1.807) is 0 Å². The molecule has 0 aromatic rings. The minimum Gasteiger partial charge on any atom is -0.907 e. The molecule has 0 fully saturated rings. The van der Waals surface area contributed by atoms with Crippen LogP contribution in [-0.2, 0) is 0 Å². The second-order valence-electron chi connectivity index (χ2n) is 0.784. The molecule has 13 heteroatoms. The molecule has 0 saturated carbocycles. The van der Waals surface area contributed by atoms with Crippen molar-refractivity contribution in [3.8, 4) is 0 Å². The van der Waals surface area contributed by atoms with E-state index >= 15 is 0 Å². The molecule has 0 rings (SSSR count). The van der Waals surface area contributed by atoms with E-state index in [4.69, 9.17) is 15.1 Å². The van der Waals surface area contributed by atoms with Gasteiger partial charge in [-0.2, -0.15) is 0 Å². The van der Waals surface area contributed by atoms with E-state index in [0.717, 1.165) is 0 Å². The van der Waals surface area contributed by atoms with Crippen LogP contribution in [0.4, 0.5) is 17.3 Å². The first-order valence-corrected chi connectivity index (χ1v) is 1.58. The Balaban J connectivity index is -0.0000000146. The zero-order valence-electron chi connectivity index (χ0n) is 7.89. The predicted octanol–water partition coefficient (Wildman–Crippen LogP) is -14.6. The first kappa shape index (κ1) is 36.2. The van der Waals surface area contributed by atoms with Gasteiger partial charge in [-0.25, -0.2) is 0 Å². The standard InChI is InChI=1S/BF4.BO3.4Li/c2-1(3,4)5;2-1(3)4;;;;/q-1;-3;4*+1. The van der Waals surface area contributed by atoms with E-state index in [1.165, 1.54) is 0 Å². The number of halogens is 4. The van der Waals surface area contributed by atoms with E-state index in [0.29, 0.717) is 0 Å². The normalized spacial score (nSPS) is 6.69. The predicted molar refractivity (Wildman–Crippen MR) is 15.9 cm³/mol. The van der Waals surface area contributed by atoms with Gasteiger partial charge in [0.1, 0.15) is 0 Å². The fourth-order valence-electron chi connectivity index (χ4n) is 0. The maximum Gasteiger partial charge on any atom is 1.00 e. The van der Waals surface area contributed by atoms with Crippen LogP contribution in [0.15, 0.2) is 0 Å². The van der Waals surface area contributed by atoms with Gasteiger partial charge in [-0.3, -0.25) is 7.32 Å². The molecular formula is B2F4Li4O3. The van der Waals surface area contributed by atoms with Gasteiger partial charge in [0.2, 0.25) is 0 Å². The van der Waals surface area contributed by atoms with E-state index in [9.17, 15) is 17.3 Å². The Kier molecular flexibility index (Phi) is 54.8. The maximum absolute atomic E-state index is 9.75. The molecule has 0 heterocycles. The summed E-state index contributed by atoms with van der Waals surface area (Å²) in [7, 11) is -8.92. The Morgan fingerprint density at radius 2 is 0.692 bits per heavy atom. The van der Waals surface area contributed by atoms with Gasteiger partial charge >= 0.3 is 82.7 Å². The Labute approximate surface area is 121 Å². The Morgan fingerprint density at radius 3 is 0.692 bits per heavy atom. The van der Waals surface area contributed by atoms with Gasteiger partial charge in [-0.05, 0) is 0 Å². The molecule has 0 aliphatic heterocycles. The third-order valence-electron chi connectivity index (χ3n) is 0. The van der Waals surface area contributed by atoms with Gasteiger partial charge in [0.25, 0.3) is 0 Å². The molecule has 0 aromatic carbocycles. The maximum atomic E-state index is 9.75. The third-order valence-corrected chi connectivity index (χ3v) is 0. The van der Waals surface area contributed by atoms with E-state index in [1.807, 2.05) is 0 Å². The van der Waals surface area contributed by atoms with Gasteiger partial charge in [-0.1, -0.05) is 0 Å². The molecular weight excluding hydrogens is 173 g/mol. The summed E-state index contributed by atoms with van der Waals surface area (Å²) in [5.41, 5.74) is 0. The Morgan fingerprint density at radius 1 is 0.692 bits per heavy atom. The first-order chi connectivity index (χ1) is 3.73. The van der Waals surface area contributed by atoms with Crippen LogP contribution in [0.1, 0.15) is 0 Å². The molecule has 0 spiro atoms. The first-order valence-electron chi connectivity index (χ1n) is 1.58. The zero-order valence-corrected chi connectivity index (χ0v) is 7.89. The summed E-state index contributed by atoms with van der Waals surface area (Å²) in [4.78, 5) is 0. The molecule has 0 unspecified atom stereocenters. The van der Waals surface area contributed by atoms with Crippen LogP contribution in [0.2, 0.25) is 0 Å². The summed E-state index contributed by atoms with van der Waals surface area (Å²) in [5, 5.41) is 25.2. The summed E-state index contributed by atoms with van der Waals surface area (Å²) in [6.45, 7) is 0. The third kappa shape index (κ3) is 462. The molecule has 0 radical (unpaired) electrons. The van der Waals surface area contributed by atoms with Crippen molar-refractivity contribution in [2.24, 2.45) is 0 Å². The van der Waals surface area contributed by atoms with E-state index in [-0.39, 0.29) is 75.4 Å². The van der Waals surface area contributed by atoms with Crippen LogP contribution in [0.5, 0.6) is 0 Å². The van der Waals surface area contributed by atoms with Crippen molar-refractivity contribution in [3.63, 3.8) is 0 Å². The minimum absolute atomic E-state index is 0. The molecule has 0 amide bonds. The van der Waals surface area contributed by atoms with E-state index in [2.05, 4.69) is 0 Å². The molecule has 0 saturated heterocycles. The monoisotopic (exact) mass is 174 g/mol. The van der Waals surface area contributed by atoms with Crippen LogP contribution in [-0.4, -0.2) is 14.6 Å². The van der Waals surface area contributed by atoms with Gasteiger partial charge in [0, 0.05) is 0 Å². The summed E-state index contributed by atoms with van der Waals surface area (Å²) in [6, 6.07) is 0. The van der Waals surface area contributed by atoms with E-state index < -0.39 is 14.6 Å². The quantitative estimate of drug-likeness (QED) is 0.270. The zero-order chi connectivity index (χ0) is 8.08. The van der Waals surface area contributed by atoms with Crippen molar-refractivity contribution in [1.82, 2.24) is 0 Å². The van der Waals surface area contributed by atoms with Crippen LogP contribution in [0.25, 0.3) is 0 Å². The van der Waals surface area contributed by atoms with Crippen molar-refractivity contribution in [3.05, 3.63) is 0 Å². The van der Waals surface area contributed by atoms with Crippen molar-refractivity contribution in [2.75, 3.05) is 0 Å². The van der Waals surface area contributed by atoms with Crippen LogP contribution in [0, 0.1) is 0 Å². The average molecular weight is 173 g/mol. The van der Waals surface area contributed by atoms with Gasteiger partial charge in [-0.15, -0.1) is 0 Å². The van der Waals surface area contributed by atoms with Crippen LogP contribution >= 0.6 is 0 Å². The SMILES string of the molecule is F[B-](F)(F)F.[Li+].[Li+].[Li+].[Li+].[O-]B([O-])[O-]. The van der Waals surface area contributed by atoms with Crippen molar-refractivity contribution < 1.29 is 108 Å². The molecule has 13 heavy (non-hydrogen) atoms. The van der Waals surface area contributed by atoms with Crippen LogP contribution in [0.3, 0.4) is 0 Å². The largest absolute Gasteiger partial charge is 1.00 e. The Bertz CT molecular complexity index is 62.1. The smallest absolute Gasteiger partial charge is 0.907 e. The fourth-order valence-corrected chi connectivity index (χ4v) is 0. The molecule has 0 atom stereocenters. The number of hydrogen-bond acceptors (Lipinski definition) is 3. The second kappa shape index (κ2) is 19.7. The molecule has 0 aliphatic carbocycles.